The van der Waals surface area contributed by atoms with Crippen LogP contribution < -0.4 is 15.4 Å². The lowest BCUT2D eigenvalue weighted by atomic mass is 10.1. The largest absolute Gasteiger partial charge is 0.505 e. The summed E-state index contributed by atoms with van der Waals surface area (Å²) in [5.74, 6) is 0.469. The van der Waals surface area contributed by atoms with Crippen molar-refractivity contribution >= 4 is 5.96 Å². The second-order valence-corrected chi connectivity index (χ2v) is 7.05. The van der Waals surface area contributed by atoms with E-state index in [9.17, 15) is 9.50 Å². The molecule has 0 aliphatic carbocycles. The van der Waals surface area contributed by atoms with Crippen LogP contribution in [0.4, 0.5) is 4.39 Å². The third-order valence-electron chi connectivity index (χ3n) is 4.63. The number of rotatable bonds is 7. The minimum Gasteiger partial charge on any atom is -0.505 e. The number of guanidine groups is 1. The van der Waals surface area contributed by atoms with Crippen molar-refractivity contribution in [3.8, 4) is 11.5 Å². The van der Waals surface area contributed by atoms with Crippen molar-refractivity contribution in [2.75, 3.05) is 19.8 Å². The summed E-state index contributed by atoms with van der Waals surface area (Å²) < 4.78 is 25.1. The van der Waals surface area contributed by atoms with Crippen LogP contribution in [0.1, 0.15) is 30.0 Å². The molecule has 1 aliphatic rings. The predicted molar refractivity (Wildman–Crippen MR) is 111 cm³/mol. The number of nitrogens with zero attached hydrogens (tertiary/aromatic N) is 1. The number of aliphatic imine (C=N–C) groups is 1. The topological polar surface area (TPSA) is 75.1 Å². The number of phenols is 1. The van der Waals surface area contributed by atoms with Gasteiger partial charge in [-0.2, -0.15) is 0 Å². The van der Waals surface area contributed by atoms with Crippen molar-refractivity contribution in [3.63, 3.8) is 0 Å². The van der Waals surface area contributed by atoms with Gasteiger partial charge in [0.1, 0.15) is 11.9 Å². The fraction of sp³-hybridized carbons (Fsp3) is 0.409. The number of benzene rings is 2. The average molecular weight is 401 g/mol. The Bertz CT molecular complexity index is 851. The quantitative estimate of drug-likeness (QED) is 0.491. The molecule has 156 valence electrons. The average Bonchev–Trinajstić information content (AvgIpc) is 3.21. The van der Waals surface area contributed by atoms with Crippen molar-refractivity contribution in [1.82, 2.24) is 10.6 Å². The van der Waals surface area contributed by atoms with Gasteiger partial charge in [0.15, 0.2) is 17.5 Å². The van der Waals surface area contributed by atoms with E-state index < -0.39 is 5.82 Å². The normalized spacial score (nSPS) is 16.7. The minimum absolute atomic E-state index is 0.0850. The first-order chi connectivity index (χ1) is 14.0. The van der Waals surface area contributed by atoms with Gasteiger partial charge in [0.2, 0.25) is 0 Å². The summed E-state index contributed by atoms with van der Waals surface area (Å²) in [7, 11) is 0. The van der Waals surface area contributed by atoms with Gasteiger partial charge in [-0.3, -0.25) is 0 Å². The van der Waals surface area contributed by atoms with Gasteiger partial charge in [0.25, 0.3) is 0 Å². The van der Waals surface area contributed by atoms with Gasteiger partial charge in [0, 0.05) is 25.1 Å². The highest BCUT2D eigenvalue weighted by atomic mass is 19.1. The fourth-order valence-corrected chi connectivity index (χ4v) is 3.04. The van der Waals surface area contributed by atoms with E-state index in [2.05, 4.69) is 21.7 Å². The third-order valence-corrected chi connectivity index (χ3v) is 4.63. The summed E-state index contributed by atoms with van der Waals surface area (Å²) in [5, 5.41) is 15.8. The zero-order chi connectivity index (χ0) is 20.6. The lowest BCUT2D eigenvalue weighted by molar-refractivity contribution is 0.140. The van der Waals surface area contributed by atoms with Crippen LogP contribution in [0.25, 0.3) is 0 Å². The van der Waals surface area contributed by atoms with Crippen LogP contribution in [-0.2, 0) is 17.8 Å². The van der Waals surface area contributed by atoms with Gasteiger partial charge in [-0.1, -0.05) is 18.2 Å². The van der Waals surface area contributed by atoms with E-state index in [0.717, 1.165) is 29.9 Å². The van der Waals surface area contributed by atoms with Crippen molar-refractivity contribution < 1.29 is 19.0 Å². The van der Waals surface area contributed by atoms with Gasteiger partial charge in [-0.05, 0) is 43.2 Å². The highest BCUT2D eigenvalue weighted by Crippen LogP contribution is 2.24. The standard InChI is InChI=1S/C22H28FN3O3/c1-3-24-22(25-12-16-5-7-20(27)19(23)11-16)26-13-17-6-4-15(2)10-21(17)29-18-8-9-28-14-18/h4-7,10-11,18,27H,3,8-9,12-14H2,1-2H3,(H2,24,25,26). The molecule has 0 aromatic heterocycles. The molecule has 3 N–H and O–H groups in total. The molecule has 2 aromatic rings. The van der Waals surface area contributed by atoms with Crippen molar-refractivity contribution in [2.45, 2.75) is 39.5 Å². The number of aryl methyl sites for hydroxylation is 1. The van der Waals surface area contributed by atoms with Crippen LogP contribution in [-0.4, -0.2) is 36.9 Å². The lowest BCUT2D eigenvalue weighted by Crippen LogP contribution is -2.37. The number of ether oxygens (including phenoxy) is 2. The van der Waals surface area contributed by atoms with Crippen LogP contribution >= 0.6 is 0 Å². The number of halogens is 1. The van der Waals surface area contributed by atoms with E-state index in [1.807, 2.05) is 26.0 Å². The van der Waals surface area contributed by atoms with E-state index in [1.165, 1.54) is 12.1 Å². The van der Waals surface area contributed by atoms with Crippen LogP contribution in [0.3, 0.4) is 0 Å². The molecule has 0 spiro atoms. The van der Waals surface area contributed by atoms with Gasteiger partial charge in [-0.25, -0.2) is 9.38 Å². The summed E-state index contributed by atoms with van der Waals surface area (Å²) in [6.45, 7) is 6.91. The first kappa shape index (κ1) is 20.9. The van der Waals surface area contributed by atoms with Crippen LogP contribution in [0.15, 0.2) is 41.4 Å². The Morgan fingerprint density at radius 1 is 1.28 bits per heavy atom. The monoisotopic (exact) mass is 401 g/mol. The fourth-order valence-electron chi connectivity index (χ4n) is 3.04. The zero-order valence-electron chi connectivity index (χ0n) is 16.9. The van der Waals surface area contributed by atoms with E-state index in [0.29, 0.717) is 37.8 Å². The molecule has 0 radical (unpaired) electrons. The van der Waals surface area contributed by atoms with Crippen molar-refractivity contribution in [1.29, 1.82) is 0 Å². The Morgan fingerprint density at radius 3 is 2.86 bits per heavy atom. The molecule has 6 nitrogen and oxygen atoms in total. The van der Waals surface area contributed by atoms with Gasteiger partial charge in [-0.15, -0.1) is 0 Å². The van der Waals surface area contributed by atoms with E-state index in [-0.39, 0.29) is 11.9 Å². The molecule has 3 rings (SSSR count). The van der Waals surface area contributed by atoms with Crippen LogP contribution in [0, 0.1) is 12.7 Å². The minimum atomic E-state index is -0.645. The SMILES string of the molecule is CCNC(=NCc1ccc(O)c(F)c1)NCc1ccc(C)cc1OC1CCOC1. The molecule has 1 atom stereocenters. The zero-order valence-corrected chi connectivity index (χ0v) is 16.9. The summed E-state index contributed by atoms with van der Waals surface area (Å²) in [4.78, 5) is 4.51. The van der Waals surface area contributed by atoms with Crippen molar-refractivity contribution in [3.05, 3.63) is 58.9 Å². The summed E-state index contributed by atoms with van der Waals surface area (Å²) in [6.07, 6.45) is 0.982. The Hall–Kier alpha value is -2.80. The summed E-state index contributed by atoms with van der Waals surface area (Å²) in [6, 6.07) is 10.4. The molecule has 29 heavy (non-hydrogen) atoms. The Balaban J connectivity index is 1.67. The molecule has 1 aliphatic heterocycles. The highest BCUT2D eigenvalue weighted by Gasteiger charge is 2.18. The second kappa shape index (κ2) is 10.1. The van der Waals surface area contributed by atoms with E-state index in [1.54, 1.807) is 6.07 Å². The molecule has 1 fully saturated rings. The molecule has 1 heterocycles. The maximum Gasteiger partial charge on any atom is 0.191 e. The highest BCUT2D eigenvalue weighted by molar-refractivity contribution is 5.79. The van der Waals surface area contributed by atoms with E-state index >= 15 is 0 Å². The lowest BCUT2D eigenvalue weighted by Gasteiger charge is -2.18. The maximum absolute atomic E-state index is 13.5. The Morgan fingerprint density at radius 2 is 2.14 bits per heavy atom. The number of phenolic OH excluding ortho intramolecular Hbond substituents is 1. The molecular weight excluding hydrogens is 373 g/mol. The third kappa shape index (κ3) is 6.09. The van der Waals surface area contributed by atoms with Crippen LogP contribution in [0.5, 0.6) is 11.5 Å². The predicted octanol–water partition coefficient (Wildman–Crippen LogP) is 3.26. The first-order valence-corrected chi connectivity index (χ1v) is 9.88. The second-order valence-electron chi connectivity index (χ2n) is 7.05. The molecule has 2 aromatic carbocycles. The van der Waals surface area contributed by atoms with Gasteiger partial charge >= 0.3 is 0 Å². The smallest absolute Gasteiger partial charge is 0.191 e. The van der Waals surface area contributed by atoms with Gasteiger partial charge < -0.3 is 25.2 Å². The van der Waals surface area contributed by atoms with Crippen LogP contribution in [0.2, 0.25) is 0 Å². The van der Waals surface area contributed by atoms with E-state index in [4.69, 9.17) is 9.47 Å². The first-order valence-electron chi connectivity index (χ1n) is 9.88. The molecule has 0 saturated carbocycles. The summed E-state index contributed by atoms with van der Waals surface area (Å²) >= 11 is 0. The Kier molecular flexibility index (Phi) is 7.30. The number of hydrogen-bond donors (Lipinski definition) is 3. The number of hydrogen-bond acceptors (Lipinski definition) is 4. The molecular formula is C22H28FN3O3. The molecule has 0 amide bonds. The molecule has 1 unspecified atom stereocenters. The molecule has 7 heteroatoms. The van der Waals surface area contributed by atoms with Gasteiger partial charge in [0.05, 0.1) is 19.8 Å². The Labute approximate surface area is 170 Å². The van der Waals surface area contributed by atoms with Crippen molar-refractivity contribution in [2.24, 2.45) is 4.99 Å². The molecule has 0 bridgehead atoms. The summed E-state index contributed by atoms with van der Waals surface area (Å²) in [5.41, 5.74) is 2.85. The number of aromatic hydroxyl groups is 1. The maximum atomic E-state index is 13.5. The molecule has 1 saturated heterocycles. The number of nitrogens with one attached hydrogen (secondary N) is 2.